The molecular weight excluding hydrogens is 396 g/mol. The third kappa shape index (κ3) is 3.33. The Balaban J connectivity index is 2.14. The van der Waals surface area contributed by atoms with Gasteiger partial charge in [-0.1, -0.05) is 31.6 Å². The number of aliphatic hydroxyl groups excluding tert-OH is 1. The van der Waals surface area contributed by atoms with Crippen LogP contribution >= 0.6 is 0 Å². The first-order valence-corrected chi connectivity index (χ1v) is 10.5. The van der Waals surface area contributed by atoms with Crippen LogP contribution in [-0.2, 0) is 9.59 Å². The van der Waals surface area contributed by atoms with Crippen LogP contribution in [0, 0.1) is 22.7 Å². The van der Waals surface area contributed by atoms with Crippen LogP contribution < -0.4 is 9.47 Å². The summed E-state index contributed by atoms with van der Waals surface area (Å²) in [6.45, 7) is 11.0. The van der Waals surface area contributed by atoms with Crippen molar-refractivity contribution in [2.75, 3.05) is 7.11 Å². The van der Waals surface area contributed by atoms with Gasteiger partial charge in [0, 0.05) is 17.4 Å². The summed E-state index contributed by atoms with van der Waals surface area (Å²) in [5.74, 6) is -2.21. The minimum atomic E-state index is -1.59. The Labute approximate surface area is 182 Å². The molecule has 3 rings (SSSR count). The molecule has 31 heavy (non-hydrogen) atoms. The van der Waals surface area contributed by atoms with E-state index in [1.807, 2.05) is 6.92 Å². The van der Waals surface area contributed by atoms with Crippen molar-refractivity contribution in [2.24, 2.45) is 22.7 Å². The van der Waals surface area contributed by atoms with Crippen LogP contribution in [0.2, 0.25) is 0 Å². The SMILES string of the molecule is C=C[C@]1(C)CC[C@H]([C@H](C)C(=O)[C@H](O)C=C(C)C)[C@]12C(=O)Oc1cc(OC)ccc1C2=O. The van der Waals surface area contributed by atoms with Gasteiger partial charge in [-0.15, -0.1) is 6.58 Å². The summed E-state index contributed by atoms with van der Waals surface area (Å²) in [5, 5.41) is 10.4. The molecule has 5 atom stereocenters. The highest BCUT2D eigenvalue weighted by Gasteiger charge is 2.69. The highest BCUT2D eigenvalue weighted by molar-refractivity contribution is 6.18. The van der Waals surface area contributed by atoms with E-state index < -0.39 is 40.5 Å². The fourth-order valence-corrected chi connectivity index (χ4v) is 5.25. The Morgan fingerprint density at radius 3 is 2.61 bits per heavy atom. The van der Waals surface area contributed by atoms with E-state index in [4.69, 9.17) is 9.47 Å². The van der Waals surface area contributed by atoms with Crippen molar-refractivity contribution in [3.8, 4) is 11.5 Å². The molecule has 0 saturated heterocycles. The first kappa shape index (κ1) is 22.9. The van der Waals surface area contributed by atoms with Gasteiger partial charge in [-0.2, -0.15) is 0 Å². The number of ketones is 2. The third-order valence-corrected chi connectivity index (χ3v) is 7.03. The van der Waals surface area contributed by atoms with Crippen molar-refractivity contribution in [2.45, 2.75) is 46.6 Å². The van der Waals surface area contributed by atoms with Gasteiger partial charge in [0.05, 0.1) is 12.7 Å². The zero-order chi connectivity index (χ0) is 23.1. The number of hydrogen-bond acceptors (Lipinski definition) is 6. The smallest absolute Gasteiger partial charge is 0.326 e. The second-order valence-corrected chi connectivity index (χ2v) is 9.04. The molecule has 6 nitrogen and oxygen atoms in total. The van der Waals surface area contributed by atoms with Crippen molar-refractivity contribution in [1.29, 1.82) is 0 Å². The van der Waals surface area contributed by atoms with E-state index in [-0.39, 0.29) is 17.1 Å². The second kappa shape index (κ2) is 8.08. The second-order valence-electron chi connectivity index (χ2n) is 9.04. The van der Waals surface area contributed by atoms with Gasteiger partial charge in [-0.05, 0) is 44.7 Å². The number of fused-ring (bicyclic) bond motifs is 1. The molecule has 0 unspecified atom stereocenters. The van der Waals surface area contributed by atoms with Crippen LogP contribution in [0.15, 0.2) is 42.5 Å². The molecule has 2 aliphatic rings. The lowest BCUT2D eigenvalue weighted by molar-refractivity contribution is -0.152. The standard InChI is InChI=1S/C25H30O6/c1-7-24(5)11-10-18(15(4)21(27)19(26)12-14(2)3)25(24)22(28)17-9-8-16(30-6)13-20(17)31-23(25)29/h7-9,12-13,15,18-19,26H,1,10-11H2,2-6H3/t15-,18+,19+,24+,25-/m0/s1. The molecule has 1 aromatic carbocycles. The molecular formula is C25H30O6. The van der Waals surface area contributed by atoms with Crippen LogP contribution in [0.5, 0.6) is 11.5 Å². The Bertz CT molecular complexity index is 972. The van der Waals surface area contributed by atoms with Gasteiger partial charge in [0.2, 0.25) is 0 Å². The van der Waals surface area contributed by atoms with Crippen molar-refractivity contribution in [1.82, 2.24) is 0 Å². The van der Waals surface area contributed by atoms with Crippen LogP contribution in [-0.4, -0.2) is 35.9 Å². The molecule has 0 bridgehead atoms. The molecule has 1 saturated carbocycles. The van der Waals surface area contributed by atoms with Gasteiger partial charge >= 0.3 is 5.97 Å². The summed E-state index contributed by atoms with van der Waals surface area (Å²) < 4.78 is 10.9. The van der Waals surface area contributed by atoms with Gasteiger partial charge in [-0.25, -0.2) is 0 Å². The molecule has 1 aliphatic heterocycles. The van der Waals surface area contributed by atoms with Crippen LogP contribution in [0.1, 0.15) is 50.9 Å². The maximum Gasteiger partial charge on any atom is 0.326 e. The van der Waals surface area contributed by atoms with Gasteiger partial charge in [0.1, 0.15) is 23.0 Å². The lowest BCUT2D eigenvalue weighted by atomic mass is 9.56. The summed E-state index contributed by atoms with van der Waals surface area (Å²) in [7, 11) is 1.49. The molecule has 6 heteroatoms. The summed E-state index contributed by atoms with van der Waals surface area (Å²) >= 11 is 0. The number of allylic oxidation sites excluding steroid dienone is 2. The summed E-state index contributed by atoms with van der Waals surface area (Å²) in [6.07, 6.45) is 2.78. The number of benzene rings is 1. The number of Topliss-reactive ketones (excluding diaryl/α,β-unsaturated/α-hetero) is 2. The molecule has 1 aliphatic carbocycles. The Kier molecular flexibility index (Phi) is 5.98. The molecule has 0 radical (unpaired) electrons. The highest BCUT2D eigenvalue weighted by atomic mass is 16.5. The molecule has 1 heterocycles. The number of esters is 1. The highest BCUT2D eigenvalue weighted by Crippen LogP contribution is 2.63. The lowest BCUT2D eigenvalue weighted by Crippen LogP contribution is -2.58. The van der Waals surface area contributed by atoms with Crippen molar-refractivity contribution in [3.05, 3.63) is 48.1 Å². The largest absolute Gasteiger partial charge is 0.497 e. The van der Waals surface area contributed by atoms with Crippen molar-refractivity contribution < 1.29 is 29.0 Å². The first-order chi connectivity index (χ1) is 14.5. The Morgan fingerprint density at radius 2 is 2.03 bits per heavy atom. The fraction of sp³-hybridized carbons (Fsp3) is 0.480. The van der Waals surface area contributed by atoms with E-state index in [0.717, 1.165) is 5.57 Å². The van der Waals surface area contributed by atoms with E-state index in [1.54, 1.807) is 39.0 Å². The number of ether oxygens (including phenoxy) is 2. The van der Waals surface area contributed by atoms with Crippen molar-refractivity contribution in [3.63, 3.8) is 0 Å². The Hall–Kier alpha value is -2.73. The number of carbonyl (C=O) groups is 3. The number of hydrogen-bond donors (Lipinski definition) is 1. The summed E-state index contributed by atoms with van der Waals surface area (Å²) in [6, 6.07) is 4.75. The zero-order valence-electron chi connectivity index (χ0n) is 18.7. The van der Waals surface area contributed by atoms with Gasteiger partial charge < -0.3 is 14.6 Å². The summed E-state index contributed by atoms with van der Waals surface area (Å²) in [5.41, 5.74) is -1.39. The lowest BCUT2D eigenvalue weighted by Gasteiger charge is -2.45. The minimum absolute atomic E-state index is 0.153. The van der Waals surface area contributed by atoms with Gasteiger partial charge in [0.15, 0.2) is 11.6 Å². The number of rotatable bonds is 6. The quantitative estimate of drug-likeness (QED) is 0.321. The van der Waals surface area contributed by atoms with E-state index in [0.29, 0.717) is 18.6 Å². The summed E-state index contributed by atoms with van der Waals surface area (Å²) in [4.78, 5) is 40.5. The minimum Gasteiger partial charge on any atom is -0.497 e. The predicted molar refractivity (Wildman–Crippen MR) is 116 cm³/mol. The van der Waals surface area contributed by atoms with E-state index in [2.05, 4.69) is 6.58 Å². The first-order valence-electron chi connectivity index (χ1n) is 10.5. The van der Waals surface area contributed by atoms with Crippen LogP contribution in [0.3, 0.4) is 0 Å². The molecule has 1 N–H and O–H groups in total. The average molecular weight is 427 g/mol. The van der Waals surface area contributed by atoms with Crippen LogP contribution in [0.4, 0.5) is 0 Å². The van der Waals surface area contributed by atoms with E-state index in [9.17, 15) is 19.5 Å². The van der Waals surface area contributed by atoms with E-state index >= 15 is 0 Å². The maximum atomic E-state index is 13.9. The van der Waals surface area contributed by atoms with Gasteiger partial charge in [0.25, 0.3) is 0 Å². The number of carbonyl (C=O) groups excluding carboxylic acids is 3. The van der Waals surface area contributed by atoms with Crippen LogP contribution in [0.25, 0.3) is 0 Å². The zero-order valence-corrected chi connectivity index (χ0v) is 18.7. The fourth-order valence-electron chi connectivity index (χ4n) is 5.25. The topological polar surface area (TPSA) is 89.9 Å². The molecule has 1 spiro atoms. The average Bonchev–Trinajstić information content (AvgIpc) is 3.04. The molecule has 166 valence electrons. The molecule has 1 fully saturated rings. The number of methoxy groups -OCH3 is 1. The van der Waals surface area contributed by atoms with Gasteiger partial charge in [-0.3, -0.25) is 14.4 Å². The number of aliphatic hydroxyl groups is 1. The normalized spacial score (nSPS) is 29.0. The predicted octanol–water partition coefficient (Wildman–Crippen LogP) is 3.92. The molecule has 1 aromatic rings. The maximum absolute atomic E-state index is 13.9. The van der Waals surface area contributed by atoms with E-state index in [1.165, 1.54) is 19.3 Å². The Morgan fingerprint density at radius 1 is 1.35 bits per heavy atom. The van der Waals surface area contributed by atoms with Crippen molar-refractivity contribution >= 4 is 17.5 Å². The monoisotopic (exact) mass is 426 g/mol. The molecule has 0 aromatic heterocycles. The third-order valence-electron chi connectivity index (χ3n) is 7.03. The molecule has 0 amide bonds.